The summed E-state index contributed by atoms with van der Waals surface area (Å²) in [4.78, 5) is 20.2. The Labute approximate surface area is 127 Å². The van der Waals surface area contributed by atoms with Gasteiger partial charge in [-0.05, 0) is 36.4 Å². The summed E-state index contributed by atoms with van der Waals surface area (Å²) >= 11 is 0. The smallest absolute Gasteiger partial charge is 0.372 e. The number of ether oxygens (including phenoxy) is 2. The molecule has 2 aromatic rings. The van der Waals surface area contributed by atoms with Gasteiger partial charge in [-0.2, -0.15) is 0 Å². The van der Waals surface area contributed by atoms with Crippen molar-refractivity contribution in [2.45, 2.75) is 0 Å². The fourth-order valence-corrected chi connectivity index (χ4v) is 1.50. The number of carbonyl (C=O) groups is 1. The Bertz CT molecular complexity index is 642. The highest BCUT2D eigenvalue weighted by molar-refractivity contribution is 5.95. The molecule has 2 rings (SSSR count). The molecule has 0 fully saturated rings. The molecule has 0 aliphatic rings. The molecule has 2 N–H and O–H groups in total. The van der Waals surface area contributed by atoms with Gasteiger partial charge < -0.3 is 20.0 Å². The lowest BCUT2D eigenvalue weighted by Crippen LogP contribution is -2.18. The first-order valence-electron chi connectivity index (χ1n) is 6.40. The monoisotopic (exact) mass is 301 g/mol. The van der Waals surface area contributed by atoms with E-state index in [0.717, 1.165) is 0 Å². The Hall–Kier alpha value is -3.09. The number of carbonyl (C=O) groups excluding carboxylic acids is 1. The van der Waals surface area contributed by atoms with E-state index >= 15 is 0 Å². The molecule has 0 unspecified atom stereocenters. The van der Waals surface area contributed by atoms with E-state index < -0.39 is 5.97 Å². The van der Waals surface area contributed by atoms with E-state index in [1.807, 2.05) is 0 Å². The Morgan fingerprint density at radius 3 is 2.55 bits per heavy atom. The first kappa shape index (κ1) is 15.3. The van der Waals surface area contributed by atoms with Gasteiger partial charge in [-0.25, -0.2) is 4.79 Å². The quantitative estimate of drug-likeness (QED) is 0.374. The zero-order chi connectivity index (χ0) is 15.8. The summed E-state index contributed by atoms with van der Waals surface area (Å²) in [6.07, 6.45) is 1.56. The summed E-state index contributed by atoms with van der Waals surface area (Å²) in [6.45, 7) is -0.286. The van der Waals surface area contributed by atoms with Crippen molar-refractivity contribution in [2.75, 3.05) is 13.7 Å². The topological polar surface area (TPSA) is 96.0 Å². The van der Waals surface area contributed by atoms with Crippen LogP contribution in [0.1, 0.15) is 5.69 Å². The number of hydrogen-bond acceptors (Lipinski definition) is 6. The number of amidine groups is 1. The van der Waals surface area contributed by atoms with Crippen molar-refractivity contribution in [3.05, 3.63) is 54.4 Å². The number of oxime groups is 1. The van der Waals surface area contributed by atoms with Crippen LogP contribution in [0, 0.1) is 0 Å². The van der Waals surface area contributed by atoms with Gasteiger partial charge in [0.05, 0.1) is 7.11 Å². The van der Waals surface area contributed by atoms with Crippen molar-refractivity contribution in [2.24, 2.45) is 10.9 Å². The molecule has 0 spiro atoms. The van der Waals surface area contributed by atoms with E-state index in [0.29, 0.717) is 17.2 Å². The Morgan fingerprint density at radius 2 is 1.91 bits per heavy atom. The van der Waals surface area contributed by atoms with Crippen LogP contribution in [0.15, 0.2) is 53.8 Å². The zero-order valence-electron chi connectivity index (χ0n) is 11.9. The van der Waals surface area contributed by atoms with Crippen molar-refractivity contribution in [1.29, 1.82) is 0 Å². The van der Waals surface area contributed by atoms with Gasteiger partial charge >= 0.3 is 5.97 Å². The molecule has 0 radical (unpaired) electrons. The van der Waals surface area contributed by atoms with Crippen LogP contribution in [0.3, 0.4) is 0 Å². The molecule has 7 heteroatoms. The lowest BCUT2D eigenvalue weighted by Gasteiger charge is -2.05. The number of rotatable bonds is 6. The predicted molar refractivity (Wildman–Crippen MR) is 79.5 cm³/mol. The van der Waals surface area contributed by atoms with E-state index in [9.17, 15) is 4.79 Å². The number of nitrogens with zero attached hydrogens (tertiary/aromatic N) is 2. The summed E-state index contributed by atoms with van der Waals surface area (Å²) < 4.78 is 10.3. The van der Waals surface area contributed by atoms with Crippen LogP contribution < -0.4 is 15.2 Å². The summed E-state index contributed by atoms with van der Waals surface area (Å²) in [6, 6.07) is 11.9. The van der Waals surface area contributed by atoms with E-state index in [1.54, 1.807) is 55.8 Å². The van der Waals surface area contributed by atoms with Gasteiger partial charge in [0.15, 0.2) is 12.4 Å². The number of nitrogens with two attached hydrogens (primary N) is 1. The average Bonchev–Trinajstić information content (AvgIpc) is 2.59. The first-order valence-corrected chi connectivity index (χ1v) is 6.40. The molecule has 22 heavy (non-hydrogen) atoms. The van der Waals surface area contributed by atoms with Gasteiger partial charge in [0.25, 0.3) is 0 Å². The predicted octanol–water partition coefficient (Wildman–Crippen LogP) is 1.33. The number of methoxy groups -OCH3 is 1. The van der Waals surface area contributed by atoms with Gasteiger partial charge in [0.1, 0.15) is 17.2 Å². The third-order valence-electron chi connectivity index (χ3n) is 2.59. The minimum absolute atomic E-state index is 0.0124. The maximum atomic E-state index is 11.5. The second kappa shape index (κ2) is 7.63. The third kappa shape index (κ3) is 4.48. The van der Waals surface area contributed by atoms with Gasteiger partial charge in [0.2, 0.25) is 0 Å². The second-order valence-electron chi connectivity index (χ2n) is 4.12. The van der Waals surface area contributed by atoms with E-state index in [-0.39, 0.29) is 12.4 Å². The minimum atomic E-state index is -0.672. The molecule has 0 aliphatic heterocycles. The Balaban J connectivity index is 1.82. The molecule has 1 heterocycles. The maximum absolute atomic E-state index is 11.5. The average molecular weight is 301 g/mol. The molecule has 0 saturated heterocycles. The van der Waals surface area contributed by atoms with Crippen LogP contribution in [-0.4, -0.2) is 30.5 Å². The molecule has 0 amide bonds. The fraction of sp³-hybridized carbons (Fsp3) is 0.133. The molecule has 0 saturated carbocycles. The molecule has 1 aromatic carbocycles. The minimum Gasteiger partial charge on any atom is -0.497 e. The highest BCUT2D eigenvalue weighted by Crippen LogP contribution is 2.16. The number of benzene rings is 1. The summed E-state index contributed by atoms with van der Waals surface area (Å²) in [5.74, 6) is 0.551. The van der Waals surface area contributed by atoms with Crippen molar-refractivity contribution < 1.29 is 19.1 Å². The van der Waals surface area contributed by atoms with Crippen LogP contribution in [-0.2, 0) is 9.63 Å². The summed E-state index contributed by atoms with van der Waals surface area (Å²) in [7, 11) is 1.57. The normalized spacial score (nSPS) is 10.9. The van der Waals surface area contributed by atoms with Crippen molar-refractivity contribution in [3.8, 4) is 11.5 Å². The van der Waals surface area contributed by atoms with Crippen LogP contribution >= 0.6 is 0 Å². The Kier molecular flexibility index (Phi) is 5.31. The fourth-order valence-electron chi connectivity index (χ4n) is 1.50. The van der Waals surface area contributed by atoms with Crippen molar-refractivity contribution in [3.63, 3.8) is 0 Å². The molecular weight excluding hydrogens is 286 g/mol. The standard InChI is InChI=1S/C15H15N3O4/c1-20-11-5-7-12(8-6-11)21-10-14(19)22-18-15(16)13-4-2-3-9-17-13/h2-9H,10H2,1H3,(H2,16,18). The van der Waals surface area contributed by atoms with Gasteiger partial charge in [-0.15, -0.1) is 0 Å². The van der Waals surface area contributed by atoms with Crippen LogP contribution in [0.2, 0.25) is 0 Å². The summed E-state index contributed by atoms with van der Waals surface area (Å²) in [5.41, 5.74) is 6.06. The highest BCUT2D eigenvalue weighted by atomic mass is 16.7. The third-order valence-corrected chi connectivity index (χ3v) is 2.59. The van der Waals surface area contributed by atoms with Gasteiger partial charge in [0, 0.05) is 6.20 Å². The molecule has 0 bridgehead atoms. The molecule has 0 aliphatic carbocycles. The van der Waals surface area contributed by atoms with Gasteiger partial charge in [-0.1, -0.05) is 11.2 Å². The molecule has 1 aromatic heterocycles. The number of pyridine rings is 1. The summed E-state index contributed by atoms with van der Waals surface area (Å²) in [5, 5.41) is 3.52. The second-order valence-corrected chi connectivity index (χ2v) is 4.12. The number of aromatic nitrogens is 1. The van der Waals surface area contributed by atoms with Crippen LogP contribution in [0.25, 0.3) is 0 Å². The molecule has 7 nitrogen and oxygen atoms in total. The van der Waals surface area contributed by atoms with E-state index in [2.05, 4.69) is 15.0 Å². The lowest BCUT2D eigenvalue weighted by atomic mass is 10.3. The van der Waals surface area contributed by atoms with E-state index in [4.69, 9.17) is 15.2 Å². The van der Waals surface area contributed by atoms with Crippen LogP contribution in [0.5, 0.6) is 11.5 Å². The first-order chi connectivity index (χ1) is 10.7. The SMILES string of the molecule is COc1ccc(OCC(=O)O/N=C(/N)c2ccccn2)cc1. The Morgan fingerprint density at radius 1 is 1.18 bits per heavy atom. The van der Waals surface area contributed by atoms with Gasteiger partial charge in [-0.3, -0.25) is 4.98 Å². The highest BCUT2D eigenvalue weighted by Gasteiger charge is 2.06. The molecular formula is C15H15N3O4. The zero-order valence-corrected chi connectivity index (χ0v) is 11.9. The van der Waals surface area contributed by atoms with E-state index in [1.165, 1.54) is 0 Å². The largest absolute Gasteiger partial charge is 0.497 e. The maximum Gasteiger partial charge on any atom is 0.372 e. The molecule has 114 valence electrons. The van der Waals surface area contributed by atoms with Crippen molar-refractivity contribution >= 4 is 11.8 Å². The molecule has 0 atom stereocenters. The number of hydrogen-bond donors (Lipinski definition) is 1. The van der Waals surface area contributed by atoms with Crippen LogP contribution in [0.4, 0.5) is 0 Å². The lowest BCUT2D eigenvalue weighted by molar-refractivity contribution is -0.146. The van der Waals surface area contributed by atoms with Crippen molar-refractivity contribution in [1.82, 2.24) is 4.98 Å².